The Kier molecular flexibility index (Phi) is 3.25. The molecule has 0 saturated heterocycles. The number of hydrogen-bond donors (Lipinski definition) is 1. The summed E-state index contributed by atoms with van der Waals surface area (Å²) >= 11 is 0. The van der Waals surface area contributed by atoms with Crippen LogP contribution in [-0.4, -0.2) is 12.6 Å². The molecule has 0 aromatic heterocycles. The van der Waals surface area contributed by atoms with Gasteiger partial charge in [0, 0.05) is 6.04 Å². The zero-order valence-electron chi connectivity index (χ0n) is 12.6. The van der Waals surface area contributed by atoms with E-state index in [0.717, 1.165) is 17.9 Å². The Balaban J connectivity index is 1.55. The van der Waals surface area contributed by atoms with E-state index < -0.39 is 0 Å². The maximum atomic E-state index is 3.97. The number of rotatable bonds is 4. The largest absolute Gasteiger partial charge is 0.313 e. The highest BCUT2D eigenvalue weighted by molar-refractivity contribution is 5.11. The van der Waals surface area contributed by atoms with Crippen molar-refractivity contribution in [3.63, 3.8) is 0 Å². The molecule has 0 radical (unpaired) electrons. The van der Waals surface area contributed by atoms with Crippen LogP contribution < -0.4 is 5.32 Å². The highest BCUT2D eigenvalue weighted by Gasteiger charge is 2.58. The third-order valence-electron chi connectivity index (χ3n) is 6.65. The molecule has 3 rings (SSSR count). The molecule has 0 amide bonds. The van der Waals surface area contributed by atoms with E-state index in [1.807, 2.05) is 0 Å². The third-order valence-corrected chi connectivity index (χ3v) is 6.65. The Labute approximate surface area is 113 Å². The van der Waals surface area contributed by atoms with Gasteiger partial charge >= 0.3 is 0 Å². The molecule has 3 fully saturated rings. The van der Waals surface area contributed by atoms with Crippen LogP contribution in [0.15, 0.2) is 0 Å². The van der Waals surface area contributed by atoms with Crippen molar-refractivity contribution in [2.75, 3.05) is 6.54 Å². The number of hydrogen-bond acceptors (Lipinski definition) is 1. The van der Waals surface area contributed by atoms with Gasteiger partial charge in [0.15, 0.2) is 0 Å². The van der Waals surface area contributed by atoms with Crippen LogP contribution in [0.3, 0.4) is 0 Å². The van der Waals surface area contributed by atoms with Gasteiger partial charge in [-0.2, -0.15) is 0 Å². The van der Waals surface area contributed by atoms with Gasteiger partial charge in [0.2, 0.25) is 0 Å². The average Bonchev–Trinajstić information content (AvgIpc) is 2.96. The molecule has 3 aliphatic carbocycles. The number of nitrogens with one attached hydrogen (secondary N) is 1. The predicted octanol–water partition coefficient (Wildman–Crippen LogP) is 4.37. The summed E-state index contributed by atoms with van der Waals surface area (Å²) in [6.07, 6.45) is 11.8. The zero-order chi connectivity index (χ0) is 12.8. The lowest BCUT2D eigenvalue weighted by molar-refractivity contribution is 0.108. The van der Waals surface area contributed by atoms with Crippen molar-refractivity contribution in [1.29, 1.82) is 0 Å². The fourth-order valence-electron chi connectivity index (χ4n) is 5.54. The Morgan fingerprint density at radius 3 is 2.39 bits per heavy atom. The lowest BCUT2D eigenvalue weighted by atomic mass is 9.68. The summed E-state index contributed by atoms with van der Waals surface area (Å²) in [5, 5.41) is 3.97. The van der Waals surface area contributed by atoms with Gasteiger partial charge in [0.05, 0.1) is 0 Å². The van der Waals surface area contributed by atoms with Crippen LogP contribution in [0.5, 0.6) is 0 Å². The summed E-state index contributed by atoms with van der Waals surface area (Å²) in [6, 6.07) is 0.769. The van der Waals surface area contributed by atoms with Gasteiger partial charge in [-0.05, 0) is 54.9 Å². The molecule has 104 valence electrons. The van der Waals surface area contributed by atoms with Gasteiger partial charge in [-0.3, -0.25) is 0 Å². The first-order valence-corrected chi connectivity index (χ1v) is 8.26. The highest BCUT2D eigenvalue weighted by atomic mass is 15.0. The van der Waals surface area contributed by atoms with Gasteiger partial charge < -0.3 is 5.32 Å². The molecule has 0 spiro atoms. The molecule has 0 aliphatic heterocycles. The van der Waals surface area contributed by atoms with Crippen LogP contribution >= 0.6 is 0 Å². The second kappa shape index (κ2) is 4.51. The normalized spacial score (nSPS) is 42.8. The predicted molar refractivity (Wildman–Crippen MR) is 77.6 cm³/mol. The van der Waals surface area contributed by atoms with E-state index in [2.05, 4.69) is 26.1 Å². The quantitative estimate of drug-likeness (QED) is 0.780. The minimum absolute atomic E-state index is 0.530. The maximum Gasteiger partial charge on any atom is 0.0175 e. The topological polar surface area (TPSA) is 12.0 Å². The molecular weight excluding hydrogens is 218 g/mol. The summed E-state index contributed by atoms with van der Waals surface area (Å²) < 4.78 is 0. The third kappa shape index (κ3) is 2.03. The summed E-state index contributed by atoms with van der Waals surface area (Å²) in [6.45, 7) is 8.82. The van der Waals surface area contributed by atoms with Crippen LogP contribution in [0.4, 0.5) is 0 Å². The van der Waals surface area contributed by atoms with E-state index in [4.69, 9.17) is 0 Å². The minimum atomic E-state index is 0.530. The molecule has 0 aromatic carbocycles. The van der Waals surface area contributed by atoms with Crippen molar-refractivity contribution < 1.29 is 0 Å². The number of fused-ring (bicyclic) bond motifs is 2. The van der Waals surface area contributed by atoms with E-state index in [1.54, 1.807) is 0 Å². The molecule has 3 atom stereocenters. The lowest BCUT2D eigenvalue weighted by Gasteiger charge is -2.43. The molecule has 0 aromatic rings. The first kappa shape index (κ1) is 13.0. The van der Waals surface area contributed by atoms with Crippen LogP contribution in [0, 0.1) is 22.7 Å². The standard InChI is InChI=1S/C17H31N/c1-16(2)14-8-10-17(3,12-14)15(16)18-11-9-13-6-4-5-7-13/h13-15,18H,4-12H2,1-3H3. The molecule has 1 N–H and O–H groups in total. The van der Waals surface area contributed by atoms with E-state index in [-0.39, 0.29) is 0 Å². The maximum absolute atomic E-state index is 3.97. The monoisotopic (exact) mass is 249 g/mol. The molecule has 1 heteroatoms. The summed E-state index contributed by atoms with van der Waals surface area (Å²) in [7, 11) is 0. The molecule has 3 aliphatic rings. The summed E-state index contributed by atoms with van der Waals surface area (Å²) in [4.78, 5) is 0. The van der Waals surface area contributed by atoms with E-state index in [0.29, 0.717) is 10.8 Å². The molecule has 3 saturated carbocycles. The Morgan fingerprint density at radius 2 is 1.78 bits per heavy atom. The zero-order valence-corrected chi connectivity index (χ0v) is 12.6. The van der Waals surface area contributed by atoms with Crippen LogP contribution in [-0.2, 0) is 0 Å². The van der Waals surface area contributed by atoms with E-state index >= 15 is 0 Å². The Bertz CT molecular complexity index is 298. The smallest absolute Gasteiger partial charge is 0.0175 e. The first-order chi connectivity index (χ1) is 8.52. The Morgan fingerprint density at radius 1 is 1.06 bits per heavy atom. The van der Waals surface area contributed by atoms with Gasteiger partial charge in [-0.25, -0.2) is 0 Å². The van der Waals surface area contributed by atoms with Crippen molar-refractivity contribution in [3.05, 3.63) is 0 Å². The SMILES string of the molecule is CC12CCC(C1)C(C)(C)C2NCCC1CCCC1. The van der Waals surface area contributed by atoms with Gasteiger partial charge in [0.1, 0.15) is 0 Å². The second-order valence-corrected chi connectivity index (χ2v) is 8.24. The van der Waals surface area contributed by atoms with E-state index in [9.17, 15) is 0 Å². The van der Waals surface area contributed by atoms with Crippen molar-refractivity contribution in [3.8, 4) is 0 Å². The highest BCUT2D eigenvalue weighted by Crippen LogP contribution is 2.62. The minimum Gasteiger partial charge on any atom is -0.313 e. The molecule has 0 heterocycles. The van der Waals surface area contributed by atoms with Crippen molar-refractivity contribution in [1.82, 2.24) is 5.32 Å². The van der Waals surface area contributed by atoms with Crippen LogP contribution in [0.1, 0.15) is 72.1 Å². The molecule has 18 heavy (non-hydrogen) atoms. The summed E-state index contributed by atoms with van der Waals surface area (Å²) in [5.74, 6) is 2.01. The molecule has 3 unspecified atom stereocenters. The van der Waals surface area contributed by atoms with Gasteiger partial charge in [-0.15, -0.1) is 0 Å². The van der Waals surface area contributed by atoms with E-state index in [1.165, 1.54) is 57.9 Å². The van der Waals surface area contributed by atoms with Gasteiger partial charge in [0.25, 0.3) is 0 Å². The lowest BCUT2D eigenvalue weighted by Crippen LogP contribution is -2.50. The van der Waals surface area contributed by atoms with Crippen molar-refractivity contribution in [2.45, 2.75) is 78.2 Å². The molecular formula is C17H31N. The fraction of sp³-hybridized carbons (Fsp3) is 1.00. The first-order valence-electron chi connectivity index (χ1n) is 8.26. The van der Waals surface area contributed by atoms with Crippen LogP contribution in [0.25, 0.3) is 0 Å². The molecule has 1 nitrogen and oxygen atoms in total. The fourth-order valence-corrected chi connectivity index (χ4v) is 5.54. The van der Waals surface area contributed by atoms with Crippen LogP contribution in [0.2, 0.25) is 0 Å². The van der Waals surface area contributed by atoms with Crippen molar-refractivity contribution in [2.24, 2.45) is 22.7 Å². The van der Waals surface area contributed by atoms with Gasteiger partial charge in [-0.1, -0.05) is 46.5 Å². The molecule has 2 bridgehead atoms. The second-order valence-electron chi connectivity index (χ2n) is 8.24. The summed E-state index contributed by atoms with van der Waals surface area (Å²) in [5.41, 5.74) is 1.13. The van der Waals surface area contributed by atoms with Crippen molar-refractivity contribution >= 4 is 0 Å². The average molecular weight is 249 g/mol. The Hall–Kier alpha value is -0.0400.